The maximum atomic E-state index is 13.0. The fourth-order valence-electron chi connectivity index (χ4n) is 1.86. The average Bonchev–Trinajstić information content (AvgIpc) is 2.40. The third-order valence-electron chi connectivity index (χ3n) is 2.91. The van der Waals surface area contributed by atoms with Gasteiger partial charge in [0.05, 0.1) is 5.75 Å². The van der Waals surface area contributed by atoms with Crippen molar-refractivity contribution < 1.29 is 17.7 Å². The molecule has 0 amide bonds. The van der Waals surface area contributed by atoms with E-state index in [4.69, 9.17) is 27.9 Å². The van der Waals surface area contributed by atoms with Crippen molar-refractivity contribution in [2.45, 2.75) is 13.5 Å². The molecule has 21 heavy (non-hydrogen) atoms. The van der Waals surface area contributed by atoms with Crippen molar-refractivity contribution in [2.75, 3.05) is 0 Å². The van der Waals surface area contributed by atoms with Gasteiger partial charge in [-0.1, -0.05) is 46.4 Å². The van der Waals surface area contributed by atoms with Crippen molar-refractivity contribution in [1.29, 1.82) is 0 Å². The molecule has 0 heterocycles. The molecule has 1 nitrogen and oxygen atoms in total. The van der Waals surface area contributed by atoms with Gasteiger partial charge in [-0.3, -0.25) is 0 Å². The molecule has 0 bridgehead atoms. The Hall–Kier alpha value is -1.33. The number of hydrogen-bond acceptors (Lipinski definition) is 1. The SMILES string of the molecule is Cc1ccc(OCc2cc(Cl)ccc2Cl)c([B-](F)(F)F)c1. The van der Waals surface area contributed by atoms with Gasteiger partial charge in [0.15, 0.2) is 0 Å². The first-order valence-electron chi connectivity index (χ1n) is 6.14. The molecule has 0 saturated heterocycles. The molecule has 7 heteroatoms. The smallest absolute Gasteiger partial charge is 0.492 e. The van der Waals surface area contributed by atoms with Crippen molar-refractivity contribution >= 4 is 35.6 Å². The van der Waals surface area contributed by atoms with Gasteiger partial charge in [-0.15, -0.1) is 0 Å². The van der Waals surface area contributed by atoms with E-state index in [9.17, 15) is 12.9 Å². The Morgan fingerprint density at radius 3 is 2.43 bits per heavy atom. The van der Waals surface area contributed by atoms with Crippen LogP contribution >= 0.6 is 23.2 Å². The first kappa shape index (κ1) is 16.1. The molecule has 0 aromatic heterocycles. The summed E-state index contributed by atoms with van der Waals surface area (Å²) in [5, 5.41) is 0.841. The minimum atomic E-state index is -5.14. The van der Waals surface area contributed by atoms with E-state index in [2.05, 4.69) is 0 Å². The first-order valence-corrected chi connectivity index (χ1v) is 6.90. The molecule has 2 rings (SSSR count). The van der Waals surface area contributed by atoms with Gasteiger partial charge in [-0.2, -0.15) is 0 Å². The molecule has 0 unspecified atom stereocenters. The van der Waals surface area contributed by atoms with E-state index in [1.807, 2.05) is 0 Å². The van der Waals surface area contributed by atoms with Crippen LogP contribution in [0.15, 0.2) is 36.4 Å². The summed E-state index contributed by atoms with van der Waals surface area (Å²) in [6.45, 7) is -3.62. The third kappa shape index (κ3) is 4.08. The molecule has 0 spiro atoms. The predicted octanol–water partition coefficient (Wildman–Crippen LogP) is 4.94. The Morgan fingerprint density at radius 2 is 1.76 bits per heavy atom. The normalized spacial score (nSPS) is 11.5. The van der Waals surface area contributed by atoms with Gasteiger partial charge in [0, 0.05) is 15.6 Å². The molecular weight excluding hydrogens is 323 g/mol. The first-order chi connectivity index (χ1) is 9.77. The third-order valence-corrected chi connectivity index (χ3v) is 3.51. The van der Waals surface area contributed by atoms with Crippen LogP contribution in [0.4, 0.5) is 12.9 Å². The Morgan fingerprint density at radius 1 is 1.05 bits per heavy atom. The van der Waals surface area contributed by atoms with Crippen LogP contribution in [-0.4, -0.2) is 6.98 Å². The zero-order chi connectivity index (χ0) is 15.6. The molecule has 0 atom stereocenters. The summed E-state index contributed by atoms with van der Waals surface area (Å²) < 4.78 is 44.4. The number of aryl methyl sites for hydroxylation is 1. The fourth-order valence-corrected chi connectivity index (χ4v) is 2.23. The van der Waals surface area contributed by atoms with Gasteiger partial charge in [0.1, 0.15) is 6.61 Å². The zero-order valence-electron chi connectivity index (χ0n) is 11.0. The van der Waals surface area contributed by atoms with E-state index in [0.29, 0.717) is 21.2 Å². The summed E-state index contributed by atoms with van der Waals surface area (Å²) >= 11 is 11.8. The zero-order valence-corrected chi connectivity index (χ0v) is 12.6. The number of ether oxygens (including phenoxy) is 1. The number of hydrogen-bond donors (Lipinski definition) is 0. The van der Waals surface area contributed by atoms with Gasteiger partial charge in [0.2, 0.25) is 0 Å². The van der Waals surface area contributed by atoms with Crippen LogP contribution in [-0.2, 0) is 6.61 Å². The highest BCUT2D eigenvalue weighted by Gasteiger charge is 2.29. The van der Waals surface area contributed by atoms with Gasteiger partial charge >= 0.3 is 6.98 Å². The lowest BCUT2D eigenvalue weighted by atomic mass is 9.78. The van der Waals surface area contributed by atoms with Crippen LogP contribution in [0.3, 0.4) is 0 Å². The lowest BCUT2D eigenvalue weighted by Gasteiger charge is -2.20. The van der Waals surface area contributed by atoms with Gasteiger partial charge in [-0.05, 0) is 31.2 Å². The lowest BCUT2D eigenvalue weighted by Crippen LogP contribution is -2.35. The Labute approximate surface area is 130 Å². The molecule has 0 aliphatic rings. The van der Waals surface area contributed by atoms with E-state index in [1.165, 1.54) is 6.07 Å². The van der Waals surface area contributed by atoms with Gasteiger partial charge in [-0.25, -0.2) is 0 Å². The molecule has 0 N–H and O–H groups in total. The minimum Gasteiger partial charge on any atom is -0.492 e. The molecule has 2 aromatic rings. The highest BCUT2D eigenvalue weighted by molar-refractivity contribution is 6.74. The quantitative estimate of drug-likeness (QED) is 0.720. The number of rotatable bonds is 4. The van der Waals surface area contributed by atoms with Crippen molar-refractivity contribution in [1.82, 2.24) is 0 Å². The predicted molar refractivity (Wildman–Crippen MR) is 80.7 cm³/mol. The fraction of sp³-hybridized carbons (Fsp3) is 0.143. The standard InChI is InChI=1S/C14H11BCl2F3O/c1-9-2-5-14(12(6-9)15(18,19)20)21-8-10-7-11(16)3-4-13(10)17/h2-7H,8H2,1H3/q-1. The topological polar surface area (TPSA) is 9.23 Å². The van der Waals surface area contributed by atoms with Crippen molar-refractivity contribution in [3.8, 4) is 5.75 Å². The summed E-state index contributed by atoms with van der Waals surface area (Å²) in [6, 6.07) is 8.71. The maximum Gasteiger partial charge on any atom is 0.513 e. The molecule has 0 saturated carbocycles. The van der Waals surface area contributed by atoms with E-state index in [-0.39, 0.29) is 12.4 Å². The Balaban J connectivity index is 2.26. The Kier molecular flexibility index (Phi) is 4.74. The second-order valence-corrected chi connectivity index (χ2v) is 5.48. The molecule has 2 aromatic carbocycles. The molecule has 0 fully saturated rings. The van der Waals surface area contributed by atoms with Crippen molar-refractivity contribution in [3.63, 3.8) is 0 Å². The summed E-state index contributed by atoms with van der Waals surface area (Å²) in [6.07, 6.45) is 0. The second kappa shape index (κ2) is 6.20. The van der Waals surface area contributed by atoms with Crippen LogP contribution in [0.2, 0.25) is 10.0 Å². The summed E-state index contributed by atoms with van der Waals surface area (Å²) in [5.41, 5.74) is 0.316. The lowest BCUT2D eigenvalue weighted by molar-refractivity contribution is 0.307. The van der Waals surface area contributed by atoms with Crippen molar-refractivity contribution in [2.24, 2.45) is 0 Å². The minimum absolute atomic E-state index is 0.0817. The second-order valence-electron chi connectivity index (χ2n) is 4.64. The largest absolute Gasteiger partial charge is 0.513 e. The molecular formula is C14H11BCl2F3O-. The summed E-state index contributed by atoms with van der Waals surface area (Å²) in [7, 11) is 0. The van der Waals surface area contributed by atoms with Crippen LogP contribution in [0.5, 0.6) is 5.75 Å². The van der Waals surface area contributed by atoms with Crippen molar-refractivity contribution in [3.05, 3.63) is 57.6 Å². The maximum absolute atomic E-state index is 13.0. The van der Waals surface area contributed by atoms with Crippen LogP contribution < -0.4 is 10.2 Å². The van der Waals surface area contributed by atoms with Crippen LogP contribution in [0.25, 0.3) is 0 Å². The molecule has 0 aliphatic carbocycles. The monoisotopic (exact) mass is 333 g/mol. The van der Waals surface area contributed by atoms with Crippen LogP contribution in [0.1, 0.15) is 11.1 Å². The van der Waals surface area contributed by atoms with Crippen LogP contribution in [0, 0.1) is 6.92 Å². The Bertz CT molecular complexity index is 659. The molecule has 112 valence electrons. The molecule has 0 aliphatic heterocycles. The summed E-state index contributed by atoms with van der Waals surface area (Å²) in [4.78, 5) is 0. The van der Waals surface area contributed by atoms with Gasteiger partial charge < -0.3 is 17.7 Å². The molecule has 0 radical (unpaired) electrons. The van der Waals surface area contributed by atoms with Gasteiger partial charge in [0.25, 0.3) is 0 Å². The summed E-state index contributed by atoms with van der Waals surface area (Å²) in [5.74, 6) is -0.204. The number of halogens is 5. The van der Waals surface area contributed by atoms with E-state index >= 15 is 0 Å². The highest BCUT2D eigenvalue weighted by Crippen LogP contribution is 2.24. The van der Waals surface area contributed by atoms with E-state index < -0.39 is 12.4 Å². The number of benzene rings is 2. The average molecular weight is 334 g/mol. The van der Waals surface area contributed by atoms with E-state index in [0.717, 1.165) is 6.07 Å². The highest BCUT2D eigenvalue weighted by atomic mass is 35.5. The van der Waals surface area contributed by atoms with E-state index in [1.54, 1.807) is 31.2 Å².